The summed E-state index contributed by atoms with van der Waals surface area (Å²) in [5.74, 6) is -1.08. The lowest BCUT2D eigenvalue weighted by atomic mass is 9.91. The van der Waals surface area contributed by atoms with Gasteiger partial charge in [0.1, 0.15) is 0 Å². The van der Waals surface area contributed by atoms with Crippen LogP contribution in [0.15, 0.2) is 18.5 Å². The van der Waals surface area contributed by atoms with Crippen LogP contribution in [0.2, 0.25) is 0 Å². The number of aliphatic carboxylic acids is 1. The van der Waals surface area contributed by atoms with Crippen molar-refractivity contribution in [3.63, 3.8) is 0 Å². The minimum Gasteiger partial charge on any atom is -0.481 e. The molecule has 1 aromatic heterocycles. The van der Waals surface area contributed by atoms with Crippen LogP contribution in [-0.2, 0) is 11.3 Å². The van der Waals surface area contributed by atoms with Crippen LogP contribution in [0, 0.1) is 11.8 Å². The summed E-state index contributed by atoms with van der Waals surface area (Å²) >= 11 is 0. The molecule has 2 N–H and O–H groups in total. The molecule has 20 heavy (non-hydrogen) atoms. The number of rotatable bonds is 4. The molecule has 0 saturated carbocycles. The Morgan fingerprint density at radius 2 is 2.25 bits per heavy atom. The molecule has 2 heterocycles. The minimum absolute atomic E-state index is 0.199. The molecule has 0 aliphatic carbocycles. The smallest absolute Gasteiger partial charge is 0.317 e. The summed E-state index contributed by atoms with van der Waals surface area (Å²) in [7, 11) is 0. The number of piperidine rings is 1. The second kappa shape index (κ2) is 6.40. The average Bonchev–Trinajstić information content (AvgIpc) is 2.91. The van der Waals surface area contributed by atoms with E-state index in [0.29, 0.717) is 26.1 Å². The monoisotopic (exact) mass is 280 g/mol. The lowest BCUT2D eigenvalue weighted by Crippen LogP contribution is -2.49. The molecule has 0 bridgehead atoms. The highest BCUT2D eigenvalue weighted by Crippen LogP contribution is 2.21. The molecule has 0 spiro atoms. The van der Waals surface area contributed by atoms with Crippen LogP contribution in [0.1, 0.15) is 13.3 Å². The number of carboxylic acids is 1. The second-order valence-electron chi connectivity index (χ2n) is 5.28. The van der Waals surface area contributed by atoms with Crippen LogP contribution in [0.4, 0.5) is 4.79 Å². The molecule has 2 atom stereocenters. The number of amides is 2. The largest absolute Gasteiger partial charge is 0.481 e. The summed E-state index contributed by atoms with van der Waals surface area (Å²) in [5.41, 5.74) is 0. The van der Waals surface area contributed by atoms with E-state index in [1.807, 2.05) is 19.2 Å². The Balaban J connectivity index is 1.80. The van der Waals surface area contributed by atoms with Gasteiger partial charge in [-0.25, -0.2) is 4.79 Å². The lowest BCUT2D eigenvalue weighted by molar-refractivity contribution is -0.143. The van der Waals surface area contributed by atoms with Crippen molar-refractivity contribution in [2.24, 2.45) is 11.8 Å². The van der Waals surface area contributed by atoms with Gasteiger partial charge in [-0.2, -0.15) is 5.10 Å². The van der Waals surface area contributed by atoms with Crippen molar-refractivity contribution in [3.05, 3.63) is 18.5 Å². The van der Waals surface area contributed by atoms with Gasteiger partial charge in [0.05, 0.1) is 12.5 Å². The summed E-state index contributed by atoms with van der Waals surface area (Å²) in [6.45, 7) is 3.94. The molecular formula is C13H20N4O3. The molecule has 0 aromatic carbocycles. The van der Waals surface area contributed by atoms with Crippen LogP contribution in [0.25, 0.3) is 0 Å². The maximum atomic E-state index is 12.0. The number of hydrogen-bond acceptors (Lipinski definition) is 3. The first-order chi connectivity index (χ1) is 9.56. The van der Waals surface area contributed by atoms with Gasteiger partial charge in [0.25, 0.3) is 0 Å². The first-order valence-corrected chi connectivity index (χ1v) is 6.79. The third-order valence-electron chi connectivity index (χ3n) is 3.47. The first-order valence-electron chi connectivity index (χ1n) is 6.79. The van der Waals surface area contributed by atoms with Crippen molar-refractivity contribution in [1.29, 1.82) is 0 Å². The van der Waals surface area contributed by atoms with Gasteiger partial charge in [0.15, 0.2) is 0 Å². The van der Waals surface area contributed by atoms with Gasteiger partial charge >= 0.3 is 12.0 Å². The molecule has 2 amide bonds. The van der Waals surface area contributed by atoms with Gasteiger partial charge < -0.3 is 15.3 Å². The highest BCUT2D eigenvalue weighted by molar-refractivity contribution is 5.76. The fourth-order valence-corrected chi connectivity index (χ4v) is 2.52. The molecule has 2 unspecified atom stereocenters. The molecule has 1 aliphatic heterocycles. The lowest BCUT2D eigenvalue weighted by Gasteiger charge is -2.34. The normalized spacial score (nSPS) is 22.6. The molecule has 7 heteroatoms. The van der Waals surface area contributed by atoms with E-state index < -0.39 is 11.9 Å². The molecule has 1 aromatic rings. The van der Waals surface area contributed by atoms with E-state index in [1.165, 1.54) is 0 Å². The van der Waals surface area contributed by atoms with Crippen LogP contribution in [0.5, 0.6) is 0 Å². The SMILES string of the molecule is CC1CC(C(=O)O)CN(C(=O)NCCn2cccn2)C1. The fraction of sp³-hybridized carbons (Fsp3) is 0.615. The Morgan fingerprint density at radius 1 is 1.45 bits per heavy atom. The number of carbonyl (C=O) groups excluding carboxylic acids is 1. The van der Waals surface area contributed by atoms with E-state index in [0.717, 1.165) is 0 Å². The maximum absolute atomic E-state index is 12.0. The molecule has 1 saturated heterocycles. The predicted octanol–water partition coefficient (Wildman–Crippen LogP) is 0.635. The third kappa shape index (κ3) is 3.72. The summed E-state index contributed by atoms with van der Waals surface area (Å²) in [6.07, 6.45) is 4.15. The quantitative estimate of drug-likeness (QED) is 0.847. The van der Waals surface area contributed by atoms with E-state index in [-0.39, 0.29) is 18.5 Å². The van der Waals surface area contributed by atoms with E-state index in [9.17, 15) is 9.59 Å². The Morgan fingerprint density at radius 3 is 2.90 bits per heavy atom. The van der Waals surface area contributed by atoms with Crippen molar-refractivity contribution in [2.45, 2.75) is 19.9 Å². The number of nitrogens with zero attached hydrogens (tertiary/aromatic N) is 3. The maximum Gasteiger partial charge on any atom is 0.317 e. The number of carbonyl (C=O) groups is 2. The van der Waals surface area contributed by atoms with Crippen LogP contribution >= 0.6 is 0 Å². The van der Waals surface area contributed by atoms with Crippen LogP contribution < -0.4 is 5.32 Å². The topological polar surface area (TPSA) is 87.5 Å². The summed E-state index contributed by atoms with van der Waals surface area (Å²) in [6, 6.07) is 1.63. The van der Waals surface area contributed by atoms with Crippen molar-refractivity contribution in [3.8, 4) is 0 Å². The Hall–Kier alpha value is -2.05. The van der Waals surface area contributed by atoms with Crippen LogP contribution in [-0.4, -0.2) is 51.4 Å². The highest BCUT2D eigenvalue weighted by atomic mass is 16.4. The van der Waals surface area contributed by atoms with E-state index in [1.54, 1.807) is 15.8 Å². The van der Waals surface area contributed by atoms with E-state index >= 15 is 0 Å². The summed E-state index contributed by atoms with van der Waals surface area (Å²) in [5, 5.41) is 15.9. The molecule has 0 radical (unpaired) electrons. The number of likely N-dealkylation sites (tertiary alicyclic amines) is 1. The third-order valence-corrected chi connectivity index (χ3v) is 3.47. The highest BCUT2D eigenvalue weighted by Gasteiger charge is 2.31. The van der Waals surface area contributed by atoms with Gasteiger partial charge in [-0.15, -0.1) is 0 Å². The molecule has 1 fully saturated rings. The van der Waals surface area contributed by atoms with Crippen molar-refractivity contribution >= 4 is 12.0 Å². The Bertz CT molecular complexity index is 460. The van der Waals surface area contributed by atoms with Crippen molar-refractivity contribution < 1.29 is 14.7 Å². The summed E-state index contributed by atoms with van der Waals surface area (Å²) in [4.78, 5) is 24.7. The molecule has 2 rings (SSSR count). The number of hydrogen-bond donors (Lipinski definition) is 2. The zero-order chi connectivity index (χ0) is 14.5. The van der Waals surface area contributed by atoms with E-state index in [4.69, 9.17) is 5.11 Å². The number of nitrogens with one attached hydrogen (secondary N) is 1. The molecule has 1 aliphatic rings. The molecular weight excluding hydrogens is 260 g/mol. The molecule has 7 nitrogen and oxygen atoms in total. The van der Waals surface area contributed by atoms with Gasteiger partial charge in [-0.1, -0.05) is 6.92 Å². The van der Waals surface area contributed by atoms with Crippen molar-refractivity contribution in [1.82, 2.24) is 20.0 Å². The number of carboxylic acid groups (broad SMARTS) is 1. The van der Waals surface area contributed by atoms with Gasteiger partial charge in [-0.05, 0) is 18.4 Å². The van der Waals surface area contributed by atoms with Crippen molar-refractivity contribution in [2.75, 3.05) is 19.6 Å². The number of urea groups is 1. The standard InChI is InChI=1S/C13H20N4O3/c1-10-7-11(12(18)19)9-16(8-10)13(20)14-4-6-17-5-2-3-15-17/h2-3,5,10-11H,4,6-9H2,1H3,(H,14,20)(H,18,19). The zero-order valence-corrected chi connectivity index (χ0v) is 11.5. The molecule has 110 valence electrons. The minimum atomic E-state index is -0.828. The summed E-state index contributed by atoms with van der Waals surface area (Å²) < 4.78 is 1.74. The second-order valence-corrected chi connectivity index (χ2v) is 5.28. The van der Waals surface area contributed by atoms with Gasteiger partial charge in [-0.3, -0.25) is 9.48 Å². The zero-order valence-electron chi connectivity index (χ0n) is 11.5. The fourth-order valence-electron chi connectivity index (χ4n) is 2.52. The van der Waals surface area contributed by atoms with Gasteiger partial charge in [0.2, 0.25) is 0 Å². The first kappa shape index (κ1) is 14.4. The van der Waals surface area contributed by atoms with E-state index in [2.05, 4.69) is 10.4 Å². The number of aromatic nitrogens is 2. The average molecular weight is 280 g/mol. The Kier molecular flexibility index (Phi) is 4.60. The predicted molar refractivity (Wildman–Crippen MR) is 72.1 cm³/mol. The Labute approximate surface area is 117 Å². The van der Waals surface area contributed by atoms with Crippen LogP contribution in [0.3, 0.4) is 0 Å². The van der Waals surface area contributed by atoms with Gasteiger partial charge in [0, 0.05) is 32.0 Å².